The Kier molecular flexibility index (Phi) is 8.84. The van der Waals surface area contributed by atoms with Crippen molar-refractivity contribution in [3.05, 3.63) is 82.6 Å². The zero-order valence-corrected chi connectivity index (χ0v) is 25.0. The Balaban J connectivity index is 1.39. The van der Waals surface area contributed by atoms with Crippen LogP contribution >= 0.6 is 0 Å². The Bertz CT molecular complexity index is 1210. The lowest BCUT2D eigenvalue weighted by molar-refractivity contribution is -0.0855. The fourth-order valence-electron chi connectivity index (χ4n) is 7.24. The molecule has 1 saturated carbocycles. The predicted molar refractivity (Wildman–Crippen MR) is 163 cm³/mol. The molecule has 0 aromatic heterocycles. The smallest absolute Gasteiger partial charge is 0.276 e. The van der Waals surface area contributed by atoms with E-state index in [2.05, 4.69) is 29.8 Å². The summed E-state index contributed by atoms with van der Waals surface area (Å²) in [5, 5.41) is 3.40. The van der Waals surface area contributed by atoms with Gasteiger partial charge in [0.25, 0.3) is 5.92 Å². The average Bonchev–Trinajstić information content (AvgIpc) is 3.64. The van der Waals surface area contributed by atoms with E-state index < -0.39 is 11.8 Å². The molecule has 1 aromatic rings. The van der Waals surface area contributed by atoms with Crippen LogP contribution in [-0.4, -0.2) is 36.5 Å². The summed E-state index contributed by atoms with van der Waals surface area (Å²) in [4.78, 5) is 4.34. The fourth-order valence-corrected chi connectivity index (χ4v) is 7.24. The first-order valence-electron chi connectivity index (χ1n) is 15.7. The molecular weight excluding hydrogens is 516 g/mol. The Hall–Kier alpha value is -2.80. The summed E-state index contributed by atoms with van der Waals surface area (Å²) in [6.07, 6.45) is 14.6. The summed E-state index contributed by atoms with van der Waals surface area (Å²) in [6, 6.07) is 6.85. The molecule has 1 aromatic carbocycles. The van der Waals surface area contributed by atoms with Gasteiger partial charge in [0.15, 0.2) is 0 Å². The molecule has 0 spiro atoms. The first-order valence-corrected chi connectivity index (χ1v) is 15.7. The van der Waals surface area contributed by atoms with E-state index in [4.69, 9.17) is 11.5 Å². The second kappa shape index (κ2) is 12.2. The second-order valence-electron chi connectivity index (χ2n) is 13.0. The van der Waals surface area contributed by atoms with Gasteiger partial charge in [-0.15, -0.1) is 0 Å². The van der Waals surface area contributed by atoms with Gasteiger partial charge in [0, 0.05) is 42.5 Å². The minimum absolute atomic E-state index is 0.0818. The van der Waals surface area contributed by atoms with E-state index in [9.17, 15) is 0 Å². The number of nitrogens with zero attached hydrogens (tertiary/aromatic N) is 2. The van der Waals surface area contributed by atoms with Gasteiger partial charge >= 0.3 is 0 Å². The van der Waals surface area contributed by atoms with Crippen LogP contribution in [0.3, 0.4) is 0 Å². The molecular formula is C34H49F2N5. The normalized spacial score (nSPS) is 32.5. The maximum atomic E-state index is 15.7. The van der Waals surface area contributed by atoms with Crippen molar-refractivity contribution in [1.82, 2.24) is 15.1 Å². The standard InChI is InChI=1S/C34H49F2N5/c1-24-30-20-29(32(38)40(24)3)31(22-37)39-23-25-11-10-13-27(19-25)34(35,36)26-14-17-41(18-15-26)16-9-7-5-4-6-8-12-28-21-33(28,30)2/h10-11,13,19-20,22,26,28,39H,1,4-9,12,14-18,21,23,37-38H2,2-3H3/b31-22+. The van der Waals surface area contributed by atoms with Crippen LogP contribution in [0.15, 0.2) is 71.5 Å². The van der Waals surface area contributed by atoms with E-state index in [-0.39, 0.29) is 11.0 Å². The number of rotatable bonds is 0. The molecule has 1 aliphatic carbocycles. The number of hydrogen-bond donors (Lipinski definition) is 3. The SMILES string of the molecule is C=C1C2=CC(=C(N)N1C)/C(=C\N)NCc1cccc(c1)C(F)(F)C1CCN(CCCCCCCCC3CC23C)CC1. The number of nitrogens with two attached hydrogens (primary N) is 2. The molecule has 2 unspecified atom stereocenters. The quantitative estimate of drug-likeness (QED) is 0.326. The molecule has 4 aliphatic heterocycles. The maximum Gasteiger partial charge on any atom is 0.276 e. The van der Waals surface area contributed by atoms with Crippen molar-refractivity contribution >= 4 is 0 Å². The van der Waals surface area contributed by atoms with Crippen molar-refractivity contribution in [3.8, 4) is 0 Å². The van der Waals surface area contributed by atoms with Crippen LogP contribution in [0.1, 0.15) is 82.3 Å². The average molecular weight is 566 g/mol. The van der Waals surface area contributed by atoms with Gasteiger partial charge in [0.1, 0.15) is 5.82 Å². The molecule has 2 fully saturated rings. The topological polar surface area (TPSA) is 70.5 Å². The number of piperidine rings is 1. The highest BCUT2D eigenvalue weighted by atomic mass is 19.3. The lowest BCUT2D eigenvalue weighted by Gasteiger charge is -2.36. The molecule has 224 valence electrons. The molecule has 6 bridgehead atoms. The highest BCUT2D eigenvalue weighted by Crippen LogP contribution is 2.62. The van der Waals surface area contributed by atoms with Crippen LogP contribution in [0.4, 0.5) is 8.78 Å². The molecule has 5 N–H and O–H groups in total. The zero-order valence-electron chi connectivity index (χ0n) is 25.0. The Morgan fingerprint density at radius 2 is 1.71 bits per heavy atom. The number of halogens is 2. The summed E-state index contributed by atoms with van der Waals surface area (Å²) in [5.41, 5.74) is 17.4. The molecule has 41 heavy (non-hydrogen) atoms. The molecule has 0 amide bonds. The van der Waals surface area contributed by atoms with Gasteiger partial charge in [-0.25, -0.2) is 8.78 Å². The monoisotopic (exact) mass is 565 g/mol. The van der Waals surface area contributed by atoms with Gasteiger partial charge in [0.05, 0.1) is 5.70 Å². The molecule has 6 rings (SSSR count). The van der Waals surface area contributed by atoms with Gasteiger partial charge < -0.3 is 26.6 Å². The largest absolute Gasteiger partial charge is 0.403 e. The van der Waals surface area contributed by atoms with E-state index >= 15 is 8.78 Å². The Morgan fingerprint density at radius 1 is 1.00 bits per heavy atom. The third-order valence-electron chi connectivity index (χ3n) is 10.3. The lowest BCUT2D eigenvalue weighted by atomic mass is 9.85. The number of benzene rings is 1. The second-order valence-corrected chi connectivity index (χ2v) is 13.0. The summed E-state index contributed by atoms with van der Waals surface area (Å²) in [6.45, 7) is 9.66. The van der Waals surface area contributed by atoms with Crippen molar-refractivity contribution in [3.63, 3.8) is 0 Å². The lowest BCUT2D eigenvalue weighted by Crippen LogP contribution is -2.40. The van der Waals surface area contributed by atoms with Gasteiger partial charge in [0.2, 0.25) is 0 Å². The van der Waals surface area contributed by atoms with Crippen LogP contribution in [0, 0.1) is 17.3 Å². The first kappa shape index (κ1) is 29.7. The molecule has 5 nitrogen and oxygen atoms in total. The highest BCUT2D eigenvalue weighted by molar-refractivity contribution is 5.55. The number of likely N-dealkylation sites (N-methyl/N-ethyl adjacent to an activating group) is 1. The first-order chi connectivity index (χ1) is 19.6. The van der Waals surface area contributed by atoms with E-state index in [1.54, 1.807) is 18.2 Å². The van der Waals surface area contributed by atoms with Crippen molar-refractivity contribution in [2.24, 2.45) is 28.7 Å². The third kappa shape index (κ3) is 6.20. The molecule has 0 radical (unpaired) electrons. The minimum atomic E-state index is -2.85. The van der Waals surface area contributed by atoms with Crippen LogP contribution in [-0.2, 0) is 12.5 Å². The van der Waals surface area contributed by atoms with Crippen LogP contribution in [0.2, 0.25) is 0 Å². The van der Waals surface area contributed by atoms with Crippen LogP contribution in [0.25, 0.3) is 0 Å². The molecule has 2 atom stereocenters. The number of hydrogen-bond acceptors (Lipinski definition) is 5. The molecule has 1 saturated heterocycles. The number of alkyl halides is 2. The summed E-state index contributed by atoms with van der Waals surface area (Å²) >= 11 is 0. The summed E-state index contributed by atoms with van der Waals surface area (Å²) < 4.78 is 31.4. The van der Waals surface area contributed by atoms with E-state index in [1.807, 2.05) is 18.0 Å². The summed E-state index contributed by atoms with van der Waals surface area (Å²) in [5.74, 6) is -2.25. The zero-order chi connectivity index (χ0) is 29.2. The van der Waals surface area contributed by atoms with E-state index in [0.717, 1.165) is 42.9 Å². The van der Waals surface area contributed by atoms with Crippen LogP contribution in [0.5, 0.6) is 0 Å². The summed E-state index contributed by atoms with van der Waals surface area (Å²) in [7, 11) is 1.95. The van der Waals surface area contributed by atoms with E-state index in [0.29, 0.717) is 36.8 Å². The highest BCUT2D eigenvalue weighted by Gasteiger charge is 2.53. The Morgan fingerprint density at radius 3 is 2.44 bits per heavy atom. The van der Waals surface area contributed by atoms with E-state index in [1.165, 1.54) is 56.7 Å². The van der Waals surface area contributed by atoms with Gasteiger partial charge in [-0.2, -0.15) is 0 Å². The van der Waals surface area contributed by atoms with Crippen molar-refractivity contribution < 1.29 is 8.78 Å². The molecule has 5 aliphatic rings. The molecule has 7 heteroatoms. The third-order valence-corrected chi connectivity index (χ3v) is 10.3. The number of nitrogens with one attached hydrogen (secondary N) is 1. The van der Waals surface area contributed by atoms with Crippen molar-refractivity contribution in [2.75, 3.05) is 26.7 Å². The van der Waals surface area contributed by atoms with Crippen molar-refractivity contribution in [2.45, 2.75) is 83.6 Å². The Labute approximate surface area is 245 Å². The van der Waals surface area contributed by atoms with Crippen LogP contribution < -0.4 is 16.8 Å². The van der Waals surface area contributed by atoms with Gasteiger partial charge in [-0.05, 0) is 86.4 Å². The molecule has 4 heterocycles. The maximum absolute atomic E-state index is 15.7. The number of fused-ring (bicyclic) bond motifs is 11. The fraction of sp³-hybridized carbons (Fsp3) is 0.588. The van der Waals surface area contributed by atoms with Gasteiger partial charge in [-0.1, -0.05) is 63.8 Å². The predicted octanol–water partition coefficient (Wildman–Crippen LogP) is 6.71. The van der Waals surface area contributed by atoms with Crippen molar-refractivity contribution in [1.29, 1.82) is 0 Å². The van der Waals surface area contributed by atoms with Gasteiger partial charge in [-0.3, -0.25) is 0 Å². The minimum Gasteiger partial charge on any atom is -0.403 e. The number of allylic oxidation sites excluding steroid dienone is 2.